The Labute approximate surface area is 103 Å². The van der Waals surface area contributed by atoms with Crippen LogP contribution in [0.15, 0.2) is 0 Å². The molecule has 0 spiro atoms. The first-order chi connectivity index (χ1) is 8.08. The van der Waals surface area contributed by atoms with E-state index in [0.29, 0.717) is 24.4 Å². The molecule has 0 bridgehead atoms. The molecule has 4 heteroatoms. The Morgan fingerprint density at radius 3 is 2.82 bits per heavy atom. The molecule has 2 aliphatic rings. The van der Waals surface area contributed by atoms with E-state index in [9.17, 15) is 4.79 Å². The molecule has 1 aliphatic carbocycles. The first-order valence-corrected chi connectivity index (χ1v) is 6.75. The molecule has 1 aliphatic heterocycles. The highest BCUT2D eigenvalue weighted by Crippen LogP contribution is 2.35. The molecule has 2 N–H and O–H groups in total. The second-order valence-corrected chi connectivity index (χ2v) is 5.89. The van der Waals surface area contributed by atoms with Crippen LogP contribution < -0.4 is 5.73 Å². The third-order valence-corrected chi connectivity index (χ3v) is 3.95. The topological polar surface area (TPSA) is 55.6 Å². The van der Waals surface area contributed by atoms with E-state index in [2.05, 4.69) is 0 Å². The molecule has 4 nitrogen and oxygen atoms in total. The number of hydrogen-bond acceptors (Lipinski definition) is 3. The fourth-order valence-corrected chi connectivity index (χ4v) is 3.00. The Bertz CT molecular complexity index is 281. The van der Waals surface area contributed by atoms with Gasteiger partial charge in [-0.25, -0.2) is 4.79 Å². The molecule has 2 rings (SSSR count). The smallest absolute Gasteiger partial charge is 0.409 e. The number of amides is 1. The summed E-state index contributed by atoms with van der Waals surface area (Å²) in [7, 11) is 0. The number of likely N-dealkylation sites (tertiary alicyclic amines) is 1. The third-order valence-electron chi connectivity index (χ3n) is 3.95. The Kier molecular flexibility index (Phi) is 3.92. The fourth-order valence-electron chi connectivity index (χ4n) is 3.00. The van der Waals surface area contributed by atoms with Crippen LogP contribution in [-0.2, 0) is 4.74 Å². The average molecular weight is 240 g/mol. The molecule has 98 valence electrons. The van der Waals surface area contributed by atoms with Gasteiger partial charge in [0, 0.05) is 19.1 Å². The lowest BCUT2D eigenvalue weighted by Gasteiger charge is -2.29. The molecule has 0 aromatic rings. The van der Waals surface area contributed by atoms with Crippen molar-refractivity contribution in [2.75, 3.05) is 19.7 Å². The van der Waals surface area contributed by atoms with Gasteiger partial charge < -0.3 is 15.4 Å². The van der Waals surface area contributed by atoms with Crippen molar-refractivity contribution in [1.29, 1.82) is 0 Å². The van der Waals surface area contributed by atoms with Gasteiger partial charge in [-0.2, -0.15) is 0 Å². The molecule has 2 fully saturated rings. The van der Waals surface area contributed by atoms with Crippen LogP contribution in [0.3, 0.4) is 0 Å². The van der Waals surface area contributed by atoms with Gasteiger partial charge in [-0.15, -0.1) is 0 Å². The Morgan fingerprint density at radius 2 is 2.18 bits per heavy atom. The van der Waals surface area contributed by atoms with Crippen molar-refractivity contribution >= 4 is 6.09 Å². The highest BCUT2D eigenvalue weighted by Gasteiger charge is 2.40. The number of carbonyl (C=O) groups is 1. The molecule has 1 saturated heterocycles. The van der Waals surface area contributed by atoms with Crippen molar-refractivity contribution in [2.45, 2.75) is 39.2 Å². The summed E-state index contributed by atoms with van der Waals surface area (Å²) in [5, 5.41) is 0. The quantitative estimate of drug-likeness (QED) is 0.801. The zero-order valence-corrected chi connectivity index (χ0v) is 10.9. The summed E-state index contributed by atoms with van der Waals surface area (Å²) in [5.41, 5.74) is 6.13. The first kappa shape index (κ1) is 12.7. The van der Waals surface area contributed by atoms with Crippen LogP contribution in [0.25, 0.3) is 0 Å². The van der Waals surface area contributed by atoms with E-state index in [1.54, 1.807) is 0 Å². The Morgan fingerprint density at radius 1 is 1.41 bits per heavy atom. The largest absolute Gasteiger partial charge is 0.449 e. The molecule has 0 aromatic carbocycles. The van der Waals surface area contributed by atoms with Crippen molar-refractivity contribution in [3.63, 3.8) is 0 Å². The normalized spacial score (nSPS) is 32.7. The number of nitrogens with zero attached hydrogens (tertiary/aromatic N) is 1. The van der Waals surface area contributed by atoms with E-state index in [4.69, 9.17) is 10.5 Å². The van der Waals surface area contributed by atoms with Gasteiger partial charge >= 0.3 is 6.09 Å². The standard InChI is InChI=1S/C13H24N2O2/c1-9(2)8-17-13(16)15-6-10-4-3-5-12(14)11(10)7-15/h9-12H,3-8,14H2,1-2H3. The number of carbonyl (C=O) groups excluding carboxylic acids is 1. The predicted molar refractivity (Wildman–Crippen MR) is 66.6 cm³/mol. The number of hydrogen-bond donors (Lipinski definition) is 1. The fraction of sp³-hybridized carbons (Fsp3) is 0.923. The van der Waals surface area contributed by atoms with Gasteiger partial charge in [-0.05, 0) is 30.6 Å². The minimum Gasteiger partial charge on any atom is -0.449 e. The van der Waals surface area contributed by atoms with Crippen molar-refractivity contribution < 1.29 is 9.53 Å². The van der Waals surface area contributed by atoms with Crippen LogP contribution in [0, 0.1) is 17.8 Å². The lowest BCUT2D eigenvalue weighted by atomic mass is 9.78. The monoisotopic (exact) mass is 240 g/mol. The summed E-state index contributed by atoms with van der Waals surface area (Å²) in [6.45, 7) is 6.24. The summed E-state index contributed by atoms with van der Waals surface area (Å²) in [4.78, 5) is 13.7. The average Bonchev–Trinajstić information content (AvgIpc) is 2.71. The number of fused-ring (bicyclic) bond motifs is 1. The van der Waals surface area contributed by atoms with Crippen LogP contribution in [-0.4, -0.2) is 36.7 Å². The number of rotatable bonds is 2. The van der Waals surface area contributed by atoms with Gasteiger partial charge in [0.2, 0.25) is 0 Å². The zero-order valence-electron chi connectivity index (χ0n) is 10.9. The third kappa shape index (κ3) is 2.92. The lowest BCUT2D eigenvalue weighted by molar-refractivity contribution is 0.0976. The van der Waals surface area contributed by atoms with Crippen molar-refractivity contribution in [1.82, 2.24) is 4.90 Å². The zero-order chi connectivity index (χ0) is 12.4. The molecule has 3 unspecified atom stereocenters. The number of ether oxygens (including phenoxy) is 1. The summed E-state index contributed by atoms with van der Waals surface area (Å²) >= 11 is 0. The van der Waals surface area contributed by atoms with Gasteiger partial charge in [0.05, 0.1) is 6.61 Å². The summed E-state index contributed by atoms with van der Waals surface area (Å²) in [6, 6.07) is 0.275. The van der Waals surface area contributed by atoms with Crippen LogP contribution in [0.5, 0.6) is 0 Å². The number of nitrogens with two attached hydrogens (primary N) is 1. The maximum absolute atomic E-state index is 11.9. The van der Waals surface area contributed by atoms with Crippen molar-refractivity contribution in [3.05, 3.63) is 0 Å². The maximum atomic E-state index is 11.9. The van der Waals surface area contributed by atoms with E-state index < -0.39 is 0 Å². The van der Waals surface area contributed by atoms with Gasteiger partial charge in [0.15, 0.2) is 0 Å². The van der Waals surface area contributed by atoms with Gasteiger partial charge in [0.1, 0.15) is 0 Å². The highest BCUT2D eigenvalue weighted by molar-refractivity contribution is 5.68. The molecule has 0 aromatic heterocycles. The summed E-state index contributed by atoms with van der Waals surface area (Å²) in [6.07, 6.45) is 3.37. The molecule has 1 heterocycles. The van der Waals surface area contributed by atoms with Crippen LogP contribution >= 0.6 is 0 Å². The molecular formula is C13H24N2O2. The molecular weight excluding hydrogens is 216 g/mol. The molecule has 0 radical (unpaired) electrons. The highest BCUT2D eigenvalue weighted by atomic mass is 16.6. The summed E-state index contributed by atoms with van der Waals surface area (Å²) in [5.74, 6) is 1.49. The predicted octanol–water partition coefficient (Wildman–Crippen LogP) is 1.84. The van der Waals surface area contributed by atoms with Crippen molar-refractivity contribution in [3.8, 4) is 0 Å². The van der Waals surface area contributed by atoms with E-state index in [1.165, 1.54) is 12.8 Å². The molecule has 17 heavy (non-hydrogen) atoms. The van der Waals surface area contributed by atoms with E-state index in [0.717, 1.165) is 19.5 Å². The first-order valence-electron chi connectivity index (χ1n) is 6.75. The SMILES string of the molecule is CC(C)COC(=O)N1CC2CCCC(N)C2C1. The van der Waals surface area contributed by atoms with Crippen LogP contribution in [0.4, 0.5) is 4.79 Å². The van der Waals surface area contributed by atoms with Gasteiger partial charge in [-0.3, -0.25) is 0 Å². The van der Waals surface area contributed by atoms with Gasteiger partial charge in [0.25, 0.3) is 0 Å². The molecule has 1 amide bonds. The Hall–Kier alpha value is -0.770. The minimum atomic E-state index is -0.152. The Balaban J connectivity index is 1.86. The van der Waals surface area contributed by atoms with Gasteiger partial charge in [-0.1, -0.05) is 20.3 Å². The minimum absolute atomic E-state index is 0.152. The van der Waals surface area contributed by atoms with E-state index >= 15 is 0 Å². The van der Waals surface area contributed by atoms with Crippen LogP contribution in [0.1, 0.15) is 33.1 Å². The second kappa shape index (κ2) is 5.25. The summed E-state index contributed by atoms with van der Waals surface area (Å²) < 4.78 is 5.27. The maximum Gasteiger partial charge on any atom is 0.409 e. The lowest BCUT2D eigenvalue weighted by Crippen LogP contribution is -2.38. The van der Waals surface area contributed by atoms with Crippen LogP contribution in [0.2, 0.25) is 0 Å². The van der Waals surface area contributed by atoms with E-state index in [-0.39, 0.29) is 12.1 Å². The van der Waals surface area contributed by atoms with Crippen molar-refractivity contribution in [2.24, 2.45) is 23.5 Å². The second-order valence-electron chi connectivity index (χ2n) is 5.89. The van der Waals surface area contributed by atoms with E-state index in [1.807, 2.05) is 18.7 Å². The molecule has 3 atom stereocenters. The molecule has 1 saturated carbocycles.